The lowest BCUT2D eigenvalue weighted by atomic mass is 9.82. The molecule has 0 aliphatic heterocycles. The molecule has 0 aromatic heterocycles. The van der Waals surface area contributed by atoms with E-state index in [2.05, 4.69) is 70.2 Å². The van der Waals surface area contributed by atoms with Crippen molar-refractivity contribution in [3.8, 4) is 11.1 Å². The number of nitrogens with one attached hydrogen (secondary N) is 1. The van der Waals surface area contributed by atoms with Gasteiger partial charge in [0.15, 0.2) is 6.21 Å². The minimum atomic E-state index is 0.0313. The van der Waals surface area contributed by atoms with Crippen molar-refractivity contribution in [3.05, 3.63) is 59.2 Å². The maximum absolute atomic E-state index is 5.47. The summed E-state index contributed by atoms with van der Waals surface area (Å²) in [4.78, 5) is 1.53. The van der Waals surface area contributed by atoms with Crippen LogP contribution in [0.3, 0.4) is 0 Å². The summed E-state index contributed by atoms with van der Waals surface area (Å²) in [7, 11) is 0. The predicted octanol–water partition coefficient (Wildman–Crippen LogP) is 2.39. The molecule has 0 spiro atoms. The van der Waals surface area contributed by atoms with Gasteiger partial charge in [-0.2, -0.15) is 0 Å². The normalized spacial score (nSPS) is 14.9. The number of allylic oxidation sites excluding steroid dienone is 1. The van der Waals surface area contributed by atoms with Crippen LogP contribution >= 0.6 is 0 Å². The molecule has 3 rings (SSSR count). The van der Waals surface area contributed by atoms with E-state index in [9.17, 15) is 0 Å². The first-order valence-corrected chi connectivity index (χ1v) is 8.89. The number of hydrogen-bond acceptors (Lipinski definition) is 0. The van der Waals surface area contributed by atoms with Gasteiger partial charge in [-0.1, -0.05) is 32.0 Å². The fraction of sp³-hybridized carbons (Fsp3) is 0.318. The zero-order chi connectivity index (χ0) is 17.3. The van der Waals surface area contributed by atoms with Crippen LogP contribution in [0.1, 0.15) is 44.4 Å². The molecule has 2 heteroatoms. The van der Waals surface area contributed by atoms with E-state index in [1.165, 1.54) is 38.4 Å². The summed E-state index contributed by atoms with van der Waals surface area (Å²) in [6.45, 7) is 11.4. The molecule has 0 heterocycles. The van der Waals surface area contributed by atoms with Gasteiger partial charge in [-0.3, -0.25) is 5.41 Å². The molecule has 0 amide bonds. The molecule has 2 aromatic carbocycles. The Kier molecular flexibility index (Phi) is 4.42. The number of hydrogen-bond donors (Lipinski definition) is 2. The van der Waals surface area contributed by atoms with Crippen molar-refractivity contribution in [3.63, 3.8) is 0 Å². The first-order valence-electron chi connectivity index (χ1n) is 8.89. The van der Waals surface area contributed by atoms with Crippen molar-refractivity contribution in [2.75, 3.05) is 13.1 Å². The maximum atomic E-state index is 5.47. The summed E-state index contributed by atoms with van der Waals surface area (Å²) >= 11 is 0. The highest BCUT2D eigenvalue weighted by Gasteiger charge is 2.36. The summed E-state index contributed by atoms with van der Waals surface area (Å²) < 4.78 is 0. The molecule has 0 fully saturated rings. The summed E-state index contributed by atoms with van der Waals surface area (Å²) in [5.74, 6) is 0. The summed E-state index contributed by atoms with van der Waals surface area (Å²) in [5, 5.41) is 5.47. The Morgan fingerprint density at radius 2 is 1.58 bits per heavy atom. The zero-order valence-corrected chi connectivity index (χ0v) is 15.2. The van der Waals surface area contributed by atoms with Crippen LogP contribution in [0, 0.1) is 0 Å². The first-order chi connectivity index (χ1) is 11.5. The molecule has 1 aliphatic carbocycles. The van der Waals surface area contributed by atoms with Gasteiger partial charge in [-0.15, -0.1) is 0 Å². The van der Waals surface area contributed by atoms with E-state index in [0.29, 0.717) is 0 Å². The Morgan fingerprint density at radius 1 is 0.958 bits per heavy atom. The Labute approximate surface area is 145 Å². The van der Waals surface area contributed by atoms with E-state index >= 15 is 0 Å². The van der Waals surface area contributed by atoms with Crippen LogP contribution in [0.5, 0.6) is 0 Å². The largest absolute Gasteiger partial charge is 0.303 e. The molecule has 3 N–H and O–H groups in total. The number of rotatable bonds is 5. The third-order valence-corrected chi connectivity index (χ3v) is 5.36. The highest BCUT2D eigenvalue weighted by Crippen LogP contribution is 2.49. The SMILES string of the molecule is CC[NH+](CC)c1ccc2c(c1)C(C)(C)c1cc(/C=C/C=[NH2+])ccc1-2. The quantitative estimate of drug-likeness (QED) is 0.793. The fourth-order valence-corrected chi connectivity index (χ4v) is 3.90. The van der Waals surface area contributed by atoms with Gasteiger partial charge in [0.1, 0.15) is 5.69 Å². The third-order valence-electron chi connectivity index (χ3n) is 5.36. The molecule has 2 aromatic rings. The van der Waals surface area contributed by atoms with Gasteiger partial charge in [0.05, 0.1) is 13.1 Å². The second-order valence-electron chi connectivity index (χ2n) is 7.05. The summed E-state index contributed by atoms with van der Waals surface area (Å²) in [6.07, 6.45) is 5.52. The Morgan fingerprint density at radius 3 is 2.21 bits per heavy atom. The van der Waals surface area contributed by atoms with Crippen LogP contribution < -0.4 is 10.3 Å². The molecular weight excluding hydrogens is 292 g/mol. The molecule has 2 nitrogen and oxygen atoms in total. The van der Waals surface area contributed by atoms with E-state index in [1.54, 1.807) is 6.21 Å². The standard InChI is InChI=1S/C22H26N2/c1-5-24(6-2)17-10-12-19-18-11-9-16(8-7-13-23)14-20(18)22(3,4)21(19)15-17/h7-15,23H,5-6H2,1-4H3/p+2/b8-7+,23-13?. The lowest BCUT2D eigenvalue weighted by molar-refractivity contribution is -0.828. The summed E-state index contributed by atoms with van der Waals surface area (Å²) in [5.41, 5.74) is 8.23. The van der Waals surface area contributed by atoms with E-state index < -0.39 is 0 Å². The van der Waals surface area contributed by atoms with Crippen LogP contribution in [0.25, 0.3) is 17.2 Å². The Hall–Kier alpha value is -2.19. The van der Waals surface area contributed by atoms with Crippen molar-refractivity contribution >= 4 is 18.0 Å². The average Bonchev–Trinajstić information content (AvgIpc) is 2.82. The van der Waals surface area contributed by atoms with Gasteiger partial charge >= 0.3 is 0 Å². The van der Waals surface area contributed by atoms with Crippen LogP contribution in [-0.4, -0.2) is 19.3 Å². The molecule has 1 aliphatic rings. The van der Waals surface area contributed by atoms with Gasteiger partial charge in [-0.25, -0.2) is 0 Å². The minimum Gasteiger partial charge on any atom is -0.303 e. The van der Waals surface area contributed by atoms with Gasteiger partial charge in [0.25, 0.3) is 0 Å². The first kappa shape index (κ1) is 16.7. The van der Waals surface area contributed by atoms with Crippen molar-refractivity contribution in [1.82, 2.24) is 0 Å². The van der Waals surface area contributed by atoms with Crippen molar-refractivity contribution in [1.29, 1.82) is 0 Å². The molecule has 0 radical (unpaired) electrons. The van der Waals surface area contributed by atoms with Gasteiger partial charge < -0.3 is 4.90 Å². The molecule has 0 atom stereocenters. The molecule has 0 saturated heterocycles. The van der Waals surface area contributed by atoms with Crippen molar-refractivity contribution in [2.24, 2.45) is 0 Å². The molecule has 0 saturated carbocycles. The average molecular weight is 320 g/mol. The molecule has 0 unspecified atom stereocenters. The minimum absolute atomic E-state index is 0.0313. The number of nitrogens with two attached hydrogens (primary N) is 1. The predicted molar refractivity (Wildman–Crippen MR) is 103 cm³/mol. The fourth-order valence-electron chi connectivity index (χ4n) is 3.90. The van der Waals surface area contributed by atoms with Gasteiger partial charge in [0.2, 0.25) is 0 Å². The molecule has 24 heavy (non-hydrogen) atoms. The Balaban J connectivity index is 2.11. The highest BCUT2D eigenvalue weighted by molar-refractivity contribution is 5.83. The van der Waals surface area contributed by atoms with E-state index in [4.69, 9.17) is 5.41 Å². The van der Waals surface area contributed by atoms with Crippen LogP contribution in [0.2, 0.25) is 0 Å². The van der Waals surface area contributed by atoms with Crippen molar-refractivity contribution < 1.29 is 10.3 Å². The van der Waals surface area contributed by atoms with Gasteiger partial charge in [0, 0.05) is 17.6 Å². The monoisotopic (exact) mass is 320 g/mol. The summed E-state index contributed by atoms with van der Waals surface area (Å²) in [6, 6.07) is 13.8. The number of fused-ring (bicyclic) bond motifs is 3. The maximum Gasteiger partial charge on any atom is 0.160 e. The van der Waals surface area contributed by atoms with E-state index in [1.807, 2.05) is 6.08 Å². The highest BCUT2D eigenvalue weighted by atomic mass is 15.1. The van der Waals surface area contributed by atoms with Gasteiger partial charge in [-0.05, 0) is 59.9 Å². The Bertz CT molecular complexity index is 796. The van der Waals surface area contributed by atoms with E-state index in [0.717, 1.165) is 13.1 Å². The smallest absolute Gasteiger partial charge is 0.160 e. The number of benzene rings is 2. The second-order valence-corrected chi connectivity index (χ2v) is 7.05. The van der Waals surface area contributed by atoms with E-state index in [-0.39, 0.29) is 5.41 Å². The van der Waals surface area contributed by atoms with Crippen LogP contribution in [0.15, 0.2) is 42.5 Å². The lowest BCUT2D eigenvalue weighted by Gasteiger charge is -2.23. The van der Waals surface area contributed by atoms with Crippen molar-refractivity contribution in [2.45, 2.75) is 33.1 Å². The van der Waals surface area contributed by atoms with Crippen LogP contribution in [-0.2, 0) is 5.41 Å². The second kappa shape index (κ2) is 6.37. The molecule has 0 bridgehead atoms. The zero-order valence-electron chi connectivity index (χ0n) is 15.2. The molecular formula is C22H28N2+2. The van der Waals surface area contributed by atoms with Crippen LogP contribution in [0.4, 0.5) is 5.69 Å². The topological polar surface area (TPSA) is 30.0 Å². The number of quaternary nitrogens is 1. The lowest BCUT2D eigenvalue weighted by Crippen LogP contribution is -3.06. The molecule has 124 valence electrons. The third kappa shape index (κ3) is 2.61.